The van der Waals surface area contributed by atoms with Crippen molar-refractivity contribution in [3.05, 3.63) is 60.2 Å². The molecule has 2 rings (SSSR count). The lowest BCUT2D eigenvalue weighted by Crippen LogP contribution is -2.42. The fourth-order valence-corrected chi connectivity index (χ4v) is 2.76. The number of thioether (sulfide) groups is 1. The van der Waals surface area contributed by atoms with Crippen molar-refractivity contribution in [2.75, 3.05) is 18.6 Å². The summed E-state index contributed by atoms with van der Waals surface area (Å²) in [5, 5.41) is 12.8. The Morgan fingerprint density at radius 3 is 2.35 bits per heavy atom. The van der Waals surface area contributed by atoms with Crippen molar-refractivity contribution in [1.82, 2.24) is 5.32 Å². The number of hydrogen-bond donors (Lipinski definition) is 2. The summed E-state index contributed by atoms with van der Waals surface area (Å²) in [5.74, 6) is 1.77. The Morgan fingerprint density at radius 1 is 1.13 bits per heavy atom. The Morgan fingerprint density at radius 2 is 1.74 bits per heavy atom. The minimum Gasteiger partial charge on any atom is -0.457 e. The lowest BCUT2D eigenvalue weighted by molar-refractivity contribution is 0.0725. The summed E-state index contributed by atoms with van der Waals surface area (Å²) < 4.78 is 5.68. The molecule has 5 heteroatoms. The zero-order valence-electron chi connectivity index (χ0n) is 13.3. The lowest BCUT2D eigenvalue weighted by Gasteiger charge is -2.22. The maximum Gasteiger partial charge on any atom is 0.251 e. The van der Waals surface area contributed by atoms with Gasteiger partial charge in [-0.1, -0.05) is 18.2 Å². The van der Waals surface area contributed by atoms with E-state index in [1.807, 2.05) is 36.6 Å². The summed E-state index contributed by atoms with van der Waals surface area (Å²) >= 11 is 1.54. The van der Waals surface area contributed by atoms with E-state index < -0.39 is 5.60 Å². The van der Waals surface area contributed by atoms with Crippen LogP contribution in [-0.2, 0) is 0 Å². The van der Waals surface area contributed by atoms with E-state index in [-0.39, 0.29) is 12.5 Å². The number of hydrogen-bond acceptors (Lipinski definition) is 4. The maximum atomic E-state index is 12.1. The van der Waals surface area contributed by atoms with Gasteiger partial charge in [0.15, 0.2) is 0 Å². The third-order valence-electron chi connectivity index (χ3n) is 3.18. The maximum absolute atomic E-state index is 12.1. The van der Waals surface area contributed by atoms with Gasteiger partial charge >= 0.3 is 0 Å². The lowest BCUT2D eigenvalue weighted by atomic mass is 10.1. The van der Waals surface area contributed by atoms with E-state index in [0.29, 0.717) is 17.1 Å². The number of ether oxygens (including phenoxy) is 1. The minimum absolute atomic E-state index is 0.211. The monoisotopic (exact) mass is 331 g/mol. The molecule has 0 spiro atoms. The standard InChI is InChI=1S/C18H21NO3S/c1-18(21,13-23-2)12-19-17(20)14-8-10-16(11-9-14)22-15-6-4-3-5-7-15/h3-11,21H,12-13H2,1-2H3,(H,19,20). The predicted molar refractivity (Wildman–Crippen MR) is 94.3 cm³/mol. The molecule has 0 fully saturated rings. The van der Waals surface area contributed by atoms with Crippen molar-refractivity contribution in [2.24, 2.45) is 0 Å². The summed E-state index contributed by atoms with van der Waals surface area (Å²) in [5.41, 5.74) is -0.379. The quantitative estimate of drug-likeness (QED) is 0.817. The van der Waals surface area contributed by atoms with Gasteiger partial charge in [-0.05, 0) is 49.6 Å². The van der Waals surface area contributed by atoms with Crippen LogP contribution in [0.1, 0.15) is 17.3 Å². The van der Waals surface area contributed by atoms with E-state index >= 15 is 0 Å². The number of carbonyl (C=O) groups excluding carboxylic acids is 1. The Hall–Kier alpha value is -1.98. The van der Waals surface area contributed by atoms with Crippen LogP contribution in [0.15, 0.2) is 54.6 Å². The molecule has 4 nitrogen and oxygen atoms in total. The van der Waals surface area contributed by atoms with Crippen LogP contribution in [0.3, 0.4) is 0 Å². The number of carbonyl (C=O) groups is 1. The SMILES string of the molecule is CSCC(C)(O)CNC(=O)c1ccc(Oc2ccccc2)cc1. The van der Waals surface area contributed by atoms with Gasteiger partial charge in [-0.2, -0.15) is 11.8 Å². The van der Waals surface area contributed by atoms with Crippen LogP contribution in [0.2, 0.25) is 0 Å². The third-order valence-corrected chi connectivity index (χ3v) is 4.09. The Balaban J connectivity index is 1.92. The second kappa shape index (κ2) is 8.04. The molecule has 0 bridgehead atoms. The smallest absolute Gasteiger partial charge is 0.251 e. The molecular formula is C18H21NO3S. The Bertz CT molecular complexity index is 626. The molecule has 2 N–H and O–H groups in total. The van der Waals surface area contributed by atoms with Gasteiger partial charge < -0.3 is 15.2 Å². The number of rotatable bonds is 7. The van der Waals surface area contributed by atoms with Crippen LogP contribution < -0.4 is 10.1 Å². The molecule has 0 saturated carbocycles. The van der Waals surface area contributed by atoms with Crippen LogP contribution in [-0.4, -0.2) is 35.2 Å². The second-order valence-corrected chi connectivity index (χ2v) is 6.42. The molecule has 2 aromatic rings. The number of benzene rings is 2. The number of amides is 1. The molecule has 2 aromatic carbocycles. The average molecular weight is 331 g/mol. The first kappa shape index (κ1) is 17.4. The zero-order chi connectivity index (χ0) is 16.7. The highest BCUT2D eigenvalue weighted by molar-refractivity contribution is 7.98. The van der Waals surface area contributed by atoms with Gasteiger partial charge in [0.2, 0.25) is 0 Å². The fraction of sp³-hybridized carbons (Fsp3) is 0.278. The first-order valence-corrected chi connectivity index (χ1v) is 8.72. The Labute approximate surface area is 140 Å². The van der Waals surface area contributed by atoms with Gasteiger partial charge in [-0.3, -0.25) is 4.79 Å². The largest absolute Gasteiger partial charge is 0.457 e. The fourth-order valence-electron chi connectivity index (χ4n) is 2.03. The predicted octanol–water partition coefficient (Wildman–Crippen LogP) is 3.32. The summed E-state index contributed by atoms with van der Waals surface area (Å²) in [7, 11) is 0. The van der Waals surface area contributed by atoms with Crippen LogP contribution in [0.25, 0.3) is 0 Å². The van der Waals surface area contributed by atoms with Crippen LogP contribution in [0, 0.1) is 0 Å². The summed E-state index contributed by atoms with van der Waals surface area (Å²) in [6, 6.07) is 16.4. The van der Waals surface area contributed by atoms with E-state index in [4.69, 9.17) is 4.74 Å². The summed E-state index contributed by atoms with van der Waals surface area (Å²) in [6.45, 7) is 1.93. The number of para-hydroxylation sites is 1. The van der Waals surface area contributed by atoms with Crippen molar-refractivity contribution in [1.29, 1.82) is 0 Å². The van der Waals surface area contributed by atoms with Crippen LogP contribution in [0.5, 0.6) is 11.5 Å². The first-order chi connectivity index (χ1) is 11.0. The van der Waals surface area contributed by atoms with Crippen LogP contribution >= 0.6 is 11.8 Å². The Kier molecular flexibility index (Phi) is 6.07. The average Bonchev–Trinajstić information content (AvgIpc) is 2.54. The van der Waals surface area contributed by atoms with Gasteiger partial charge in [0.1, 0.15) is 11.5 Å². The molecule has 0 radical (unpaired) electrons. The molecule has 0 heterocycles. The van der Waals surface area contributed by atoms with E-state index in [2.05, 4.69) is 5.32 Å². The molecule has 0 saturated heterocycles. The number of nitrogens with one attached hydrogen (secondary N) is 1. The normalized spacial score (nSPS) is 13.2. The molecule has 0 aliphatic heterocycles. The molecule has 1 unspecified atom stereocenters. The molecule has 23 heavy (non-hydrogen) atoms. The minimum atomic E-state index is -0.911. The van der Waals surface area contributed by atoms with Crippen molar-refractivity contribution in [2.45, 2.75) is 12.5 Å². The van der Waals surface area contributed by atoms with Gasteiger partial charge in [-0.15, -0.1) is 0 Å². The highest BCUT2D eigenvalue weighted by atomic mass is 32.2. The van der Waals surface area contributed by atoms with E-state index in [1.165, 1.54) is 0 Å². The topological polar surface area (TPSA) is 58.6 Å². The molecule has 0 aromatic heterocycles. The van der Waals surface area contributed by atoms with Gasteiger partial charge in [0, 0.05) is 17.9 Å². The van der Waals surface area contributed by atoms with Crippen molar-refractivity contribution < 1.29 is 14.6 Å². The molecular weight excluding hydrogens is 310 g/mol. The van der Waals surface area contributed by atoms with Crippen molar-refractivity contribution in [3.63, 3.8) is 0 Å². The number of aliphatic hydroxyl groups is 1. The highest BCUT2D eigenvalue weighted by Gasteiger charge is 2.20. The van der Waals surface area contributed by atoms with E-state index in [0.717, 1.165) is 5.75 Å². The molecule has 0 aliphatic carbocycles. The first-order valence-electron chi connectivity index (χ1n) is 7.33. The van der Waals surface area contributed by atoms with Gasteiger partial charge in [0.05, 0.1) is 5.60 Å². The summed E-state index contributed by atoms with van der Waals surface area (Å²) in [6.07, 6.45) is 1.92. The molecule has 1 atom stereocenters. The highest BCUT2D eigenvalue weighted by Crippen LogP contribution is 2.21. The van der Waals surface area contributed by atoms with Crippen molar-refractivity contribution >= 4 is 17.7 Å². The van der Waals surface area contributed by atoms with E-state index in [1.54, 1.807) is 43.0 Å². The van der Waals surface area contributed by atoms with Crippen LogP contribution in [0.4, 0.5) is 0 Å². The van der Waals surface area contributed by atoms with Gasteiger partial charge in [-0.25, -0.2) is 0 Å². The molecule has 1 amide bonds. The zero-order valence-corrected chi connectivity index (χ0v) is 14.1. The molecule has 122 valence electrons. The summed E-state index contributed by atoms with van der Waals surface area (Å²) in [4.78, 5) is 12.1. The second-order valence-electron chi connectivity index (χ2n) is 5.55. The third kappa shape index (κ3) is 5.62. The van der Waals surface area contributed by atoms with E-state index in [9.17, 15) is 9.90 Å². The van der Waals surface area contributed by atoms with Crippen molar-refractivity contribution in [3.8, 4) is 11.5 Å². The molecule has 0 aliphatic rings. The van der Waals surface area contributed by atoms with Gasteiger partial charge in [0.25, 0.3) is 5.91 Å².